The van der Waals surface area contributed by atoms with Crippen LogP contribution >= 0.6 is 15.9 Å². The first kappa shape index (κ1) is 14.3. The van der Waals surface area contributed by atoms with Gasteiger partial charge in [-0.2, -0.15) is 0 Å². The third-order valence-electron chi connectivity index (χ3n) is 3.04. The molecule has 0 saturated heterocycles. The van der Waals surface area contributed by atoms with Gasteiger partial charge in [-0.25, -0.2) is 0 Å². The van der Waals surface area contributed by atoms with Gasteiger partial charge in [0.1, 0.15) is 5.75 Å². The Hall–Kier alpha value is -1.07. The summed E-state index contributed by atoms with van der Waals surface area (Å²) in [5.41, 5.74) is 1.15. The Labute approximate surface area is 122 Å². The van der Waals surface area contributed by atoms with Crippen LogP contribution in [0.25, 0.3) is 0 Å². The zero-order chi connectivity index (χ0) is 13.8. The lowest BCUT2D eigenvalue weighted by atomic mass is 10.2. The van der Waals surface area contributed by atoms with E-state index in [4.69, 9.17) is 4.74 Å². The standard InChI is InChI=1S/C14H19BrN2O2/c1-17(2)14(18)9-19-12-5-6-13(15)10(7-12)8-16-11-3-4-11/h5-7,11,16H,3-4,8-9H2,1-2H3. The SMILES string of the molecule is CN(C)C(=O)COc1ccc(Br)c(CNC2CC2)c1. The summed E-state index contributed by atoms with van der Waals surface area (Å²) in [4.78, 5) is 13.0. The monoisotopic (exact) mass is 326 g/mol. The predicted molar refractivity (Wildman–Crippen MR) is 78.2 cm³/mol. The van der Waals surface area contributed by atoms with Crippen molar-refractivity contribution in [1.82, 2.24) is 10.2 Å². The number of amides is 1. The summed E-state index contributed by atoms with van der Waals surface area (Å²) >= 11 is 3.53. The fourth-order valence-electron chi connectivity index (χ4n) is 1.59. The Bertz CT molecular complexity index is 459. The van der Waals surface area contributed by atoms with Gasteiger partial charge < -0.3 is 15.0 Å². The van der Waals surface area contributed by atoms with E-state index in [2.05, 4.69) is 21.2 Å². The van der Waals surface area contributed by atoms with Crippen LogP contribution in [0.1, 0.15) is 18.4 Å². The second kappa shape index (κ2) is 6.39. The molecular weight excluding hydrogens is 308 g/mol. The number of hydrogen-bond acceptors (Lipinski definition) is 3. The molecule has 0 bridgehead atoms. The minimum atomic E-state index is -0.0411. The molecule has 0 radical (unpaired) electrons. The molecule has 1 fully saturated rings. The van der Waals surface area contributed by atoms with Crippen molar-refractivity contribution in [3.63, 3.8) is 0 Å². The maximum atomic E-state index is 11.5. The van der Waals surface area contributed by atoms with E-state index >= 15 is 0 Å². The molecule has 2 rings (SSSR count). The van der Waals surface area contributed by atoms with Crippen LogP contribution in [-0.2, 0) is 11.3 Å². The number of carbonyl (C=O) groups excluding carboxylic acids is 1. The number of likely N-dealkylation sites (N-methyl/N-ethyl adjacent to an activating group) is 1. The number of hydrogen-bond donors (Lipinski definition) is 1. The quantitative estimate of drug-likeness (QED) is 0.871. The molecule has 5 heteroatoms. The molecule has 1 saturated carbocycles. The summed E-state index contributed by atoms with van der Waals surface area (Å²) in [6.45, 7) is 0.897. The predicted octanol–water partition coefficient (Wildman–Crippen LogP) is 2.17. The van der Waals surface area contributed by atoms with Crippen molar-refractivity contribution < 1.29 is 9.53 Å². The highest BCUT2D eigenvalue weighted by Gasteiger charge is 2.20. The number of nitrogens with one attached hydrogen (secondary N) is 1. The van der Waals surface area contributed by atoms with E-state index in [0.29, 0.717) is 6.04 Å². The third-order valence-corrected chi connectivity index (χ3v) is 3.81. The molecule has 1 amide bonds. The molecule has 1 aliphatic rings. The normalized spacial score (nSPS) is 14.3. The van der Waals surface area contributed by atoms with Crippen molar-refractivity contribution in [3.8, 4) is 5.75 Å². The van der Waals surface area contributed by atoms with Crippen molar-refractivity contribution in [1.29, 1.82) is 0 Å². The summed E-state index contributed by atoms with van der Waals surface area (Å²) < 4.78 is 6.57. The largest absolute Gasteiger partial charge is 0.484 e. The number of carbonyl (C=O) groups is 1. The van der Waals surface area contributed by atoms with Crippen LogP contribution in [0, 0.1) is 0 Å². The smallest absolute Gasteiger partial charge is 0.259 e. The summed E-state index contributed by atoms with van der Waals surface area (Å²) in [6.07, 6.45) is 2.54. The number of benzene rings is 1. The van der Waals surface area contributed by atoms with E-state index in [1.54, 1.807) is 14.1 Å². The maximum absolute atomic E-state index is 11.5. The van der Waals surface area contributed by atoms with Crippen LogP contribution in [0.5, 0.6) is 5.75 Å². The lowest BCUT2D eigenvalue weighted by molar-refractivity contribution is -0.130. The van der Waals surface area contributed by atoms with Gasteiger partial charge in [-0.15, -0.1) is 0 Å². The van der Waals surface area contributed by atoms with Crippen molar-refractivity contribution >= 4 is 21.8 Å². The molecule has 4 nitrogen and oxygen atoms in total. The van der Waals surface area contributed by atoms with Gasteiger partial charge in [0, 0.05) is 31.2 Å². The molecule has 1 aromatic rings. The minimum absolute atomic E-state index is 0.0411. The molecule has 1 N–H and O–H groups in total. The first-order chi connectivity index (χ1) is 9.06. The molecule has 1 aliphatic carbocycles. The van der Waals surface area contributed by atoms with Crippen LogP contribution in [0.4, 0.5) is 0 Å². The van der Waals surface area contributed by atoms with Gasteiger partial charge in [-0.05, 0) is 36.6 Å². The summed E-state index contributed by atoms with van der Waals surface area (Å²) in [6, 6.07) is 6.47. The second-order valence-corrected chi connectivity index (χ2v) is 5.84. The Kier molecular flexibility index (Phi) is 4.82. The molecule has 0 spiro atoms. The van der Waals surface area contributed by atoms with Crippen molar-refractivity contribution in [2.75, 3.05) is 20.7 Å². The van der Waals surface area contributed by atoms with E-state index < -0.39 is 0 Å². The van der Waals surface area contributed by atoms with Gasteiger partial charge in [-0.1, -0.05) is 15.9 Å². The van der Waals surface area contributed by atoms with Gasteiger partial charge in [-0.3, -0.25) is 4.79 Å². The number of rotatable bonds is 6. The second-order valence-electron chi connectivity index (χ2n) is 4.99. The fraction of sp³-hybridized carbons (Fsp3) is 0.500. The van der Waals surface area contributed by atoms with E-state index in [0.717, 1.165) is 22.3 Å². The van der Waals surface area contributed by atoms with E-state index in [9.17, 15) is 4.79 Å². The number of nitrogens with zero attached hydrogens (tertiary/aromatic N) is 1. The van der Waals surface area contributed by atoms with Crippen LogP contribution in [0.3, 0.4) is 0 Å². The molecule has 0 heterocycles. The van der Waals surface area contributed by atoms with Crippen LogP contribution in [0.15, 0.2) is 22.7 Å². The van der Waals surface area contributed by atoms with Gasteiger partial charge in [0.15, 0.2) is 6.61 Å². The zero-order valence-corrected chi connectivity index (χ0v) is 12.9. The maximum Gasteiger partial charge on any atom is 0.259 e. The topological polar surface area (TPSA) is 41.6 Å². The highest BCUT2D eigenvalue weighted by Crippen LogP contribution is 2.25. The first-order valence-electron chi connectivity index (χ1n) is 6.41. The summed E-state index contributed by atoms with van der Waals surface area (Å²) in [5, 5.41) is 3.46. The van der Waals surface area contributed by atoms with Gasteiger partial charge in [0.2, 0.25) is 0 Å². The van der Waals surface area contributed by atoms with Crippen molar-refractivity contribution in [2.24, 2.45) is 0 Å². The summed E-state index contributed by atoms with van der Waals surface area (Å²) in [7, 11) is 3.44. The Morgan fingerprint density at radius 1 is 1.47 bits per heavy atom. The summed E-state index contributed by atoms with van der Waals surface area (Å²) in [5.74, 6) is 0.687. The minimum Gasteiger partial charge on any atom is -0.484 e. The fourth-order valence-corrected chi connectivity index (χ4v) is 1.98. The van der Waals surface area contributed by atoms with E-state index in [-0.39, 0.29) is 12.5 Å². The Balaban J connectivity index is 1.92. The number of halogens is 1. The molecule has 0 aromatic heterocycles. The average Bonchev–Trinajstić information content (AvgIpc) is 3.19. The molecule has 19 heavy (non-hydrogen) atoms. The molecular formula is C14H19BrN2O2. The lowest BCUT2D eigenvalue weighted by Gasteiger charge is -2.13. The van der Waals surface area contributed by atoms with Gasteiger partial charge >= 0.3 is 0 Å². The molecule has 104 valence electrons. The molecule has 1 aromatic carbocycles. The van der Waals surface area contributed by atoms with Crippen molar-refractivity contribution in [2.45, 2.75) is 25.4 Å². The highest BCUT2D eigenvalue weighted by molar-refractivity contribution is 9.10. The highest BCUT2D eigenvalue weighted by atomic mass is 79.9. The molecule has 0 unspecified atom stereocenters. The first-order valence-corrected chi connectivity index (χ1v) is 7.20. The Morgan fingerprint density at radius 2 is 2.21 bits per heavy atom. The lowest BCUT2D eigenvalue weighted by Crippen LogP contribution is -2.27. The van der Waals surface area contributed by atoms with Crippen LogP contribution in [0.2, 0.25) is 0 Å². The molecule has 0 atom stereocenters. The van der Waals surface area contributed by atoms with E-state index in [1.807, 2.05) is 18.2 Å². The Morgan fingerprint density at radius 3 is 2.84 bits per heavy atom. The van der Waals surface area contributed by atoms with Crippen molar-refractivity contribution in [3.05, 3.63) is 28.2 Å². The zero-order valence-electron chi connectivity index (χ0n) is 11.3. The third kappa shape index (κ3) is 4.51. The average molecular weight is 327 g/mol. The van der Waals surface area contributed by atoms with Crippen LogP contribution < -0.4 is 10.1 Å². The van der Waals surface area contributed by atoms with Gasteiger partial charge in [0.05, 0.1) is 0 Å². The molecule has 0 aliphatic heterocycles. The number of ether oxygens (including phenoxy) is 1. The van der Waals surface area contributed by atoms with Gasteiger partial charge in [0.25, 0.3) is 5.91 Å². The van der Waals surface area contributed by atoms with Crippen LogP contribution in [-0.4, -0.2) is 37.6 Å². The van der Waals surface area contributed by atoms with E-state index in [1.165, 1.54) is 17.7 Å².